The quantitative estimate of drug-likeness (QED) is 0.108. The van der Waals surface area contributed by atoms with E-state index in [4.69, 9.17) is 20.0 Å². The number of amidine groups is 1. The van der Waals surface area contributed by atoms with Crippen molar-refractivity contribution in [3.63, 3.8) is 0 Å². The fourth-order valence-electron chi connectivity index (χ4n) is 4.65. The number of nitrogens with one attached hydrogen (secondary N) is 2. The molecule has 3 rings (SSSR count). The minimum atomic E-state index is -3.98. The third-order valence-electron chi connectivity index (χ3n) is 6.76. The maximum absolute atomic E-state index is 12.6. The van der Waals surface area contributed by atoms with Crippen molar-refractivity contribution in [2.45, 2.75) is 57.3 Å². The van der Waals surface area contributed by atoms with Crippen LogP contribution in [0, 0.1) is 5.41 Å². The summed E-state index contributed by atoms with van der Waals surface area (Å²) < 4.78 is 33.8. The molecular formula is C30H34N4O8S. The molecule has 0 spiro atoms. The van der Waals surface area contributed by atoms with Gasteiger partial charge in [-0.25, -0.2) is 23.1 Å². The Kier molecular flexibility index (Phi) is 10.3. The predicted molar refractivity (Wildman–Crippen MR) is 160 cm³/mol. The number of benzene rings is 3. The number of alkyl carbamates (subject to hydrolysis) is 1. The zero-order chi connectivity index (χ0) is 31.9. The van der Waals surface area contributed by atoms with Crippen LogP contribution in [-0.2, 0) is 30.7 Å². The number of ether oxygens (including phenoxy) is 2. The first kappa shape index (κ1) is 32.8. The van der Waals surface area contributed by atoms with E-state index in [0.717, 1.165) is 0 Å². The summed E-state index contributed by atoms with van der Waals surface area (Å²) in [5.74, 6) is -0.883. The molecule has 3 aromatic rings. The standard InChI is InChI=1S/C30H34N4O8S/c1-5-30(4,18-21-9-8-10-23(17-21)27(31)33-28(36)42-20(3)41-19(2)35)34(29(37)38)24-15-13-22(14-16-24)25-11-6-7-12-26(25)43(32,39)40/h6-17,20H,5,18H2,1-4H3,(H,37,38)(H2,31,33,36)(H2,32,39,40). The molecule has 3 aromatic carbocycles. The summed E-state index contributed by atoms with van der Waals surface area (Å²) in [6.07, 6.45) is -2.61. The first-order valence-electron chi connectivity index (χ1n) is 13.2. The van der Waals surface area contributed by atoms with Crippen molar-refractivity contribution < 1.29 is 37.4 Å². The van der Waals surface area contributed by atoms with Crippen LogP contribution in [0.1, 0.15) is 45.2 Å². The molecule has 0 aliphatic carbocycles. The molecule has 0 aromatic heterocycles. The van der Waals surface area contributed by atoms with Gasteiger partial charge in [0.25, 0.3) is 0 Å². The number of rotatable bonds is 10. The van der Waals surface area contributed by atoms with E-state index >= 15 is 0 Å². The van der Waals surface area contributed by atoms with E-state index in [0.29, 0.717) is 34.4 Å². The van der Waals surface area contributed by atoms with Gasteiger partial charge >= 0.3 is 18.2 Å². The fraction of sp³-hybridized carbons (Fsp3) is 0.267. The van der Waals surface area contributed by atoms with E-state index in [1.165, 1.54) is 24.8 Å². The van der Waals surface area contributed by atoms with Gasteiger partial charge in [0, 0.05) is 30.7 Å². The first-order chi connectivity index (χ1) is 20.1. The number of hydrogen-bond donors (Lipinski definition) is 4. The van der Waals surface area contributed by atoms with Crippen LogP contribution in [0.25, 0.3) is 11.1 Å². The molecule has 0 bridgehead atoms. The summed E-state index contributed by atoms with van der Waals surface area (Å²) in [4.78, 5) is 36.9. The molecule has 43 heavy (non-hydrogen) atoms. The monoisotopic (exact) mass is 610 g/mol. The normalized spacial score (nSPS) is 13.2. The lowest BCUT2D eigenvalue weighted by atomic mass is 9.87. The molecule has 2 atom stereocenters. The summed E-state index contributed by atoms with van der Waals surface area (Å²) in [7, 11) is -3.98. The summed E-state index contributed by atoms with van der Waals surface area (Å²) in [6.45, 7) is 6.20. The fourth-order valence-corrected chi connectivity index (χ4v) is 5.41. The average molecular weight is 611 g/mol. The molecule has 5 N–H and O–H groups in total. The topological polar surface area (TPSA) is 189 Å². The number of anilines is 1. The second kappa shape index (κ2) is 13.5. The van der Waals surface area contributed by atoms with Crippen LogP contribution in [0.15, 0.2) is 77.7 Å². The number of nitrogens with two attached hydrogens (primary N) is 1. The maximum atomic E-state index is 12.6. The van der Waals surface area contributed by atoms with E-state index in [1.807, 2.05) is 6.92 Å². The molecule has 0 heterocycles. The van der Waals surface area contributed by atoms with Gasteiger partial charge in [0.05, 0.1) is 10.4 Å². The lowest BCUT2D eigenvalue weighted by Crippen LogP contribution is -2.51. The average Bonchev–Trinajstić information content (AvgIpc) is 2.92. The minimum Gasteiger partial charge on any atom is -0.465 e. The van der Waals surface area contributed by atoms with Gasteiger partial charge in [-0.1, -0.05) is 55.5 Å². The summed E-state index contributed by atoms with van der Waals surface area (Å²) >= 11 is 0. The third kappa shape index (κ3) is 8.40. The lowest BCUT2D eigenvalue weighted by molar-refractivity contribution is -0.161. The number of primary sulfonamides is 1. The molecule has 228 valence electrons. The molecule has 13 heteroatoms. The van der Waals surface area contributed by atoms with Crippen LogP contribution in [0.2, 0.25) is 0 Å². The molecule has 0 aliphatic rings. The van der Waals surface area contributed by atoms with Crippen molar-refractivity contribution in [1.29, 1.82) is 5.41 Å². The number of nitrogens with zero attached hydrogens (tertiary/aromatic N) is 1. The number of esters is 1. The molecule has 0 fully saturated rings. The Balaban J connectivity index is 1.85. The van der Waals surface area contributed by atoms with Gasteiger partial charge in [-0.3, -0.25) is 20.4 Å². The molecule has 0 aliphatic heterocycles. The minimum absolute atomic E-state index is 0.0386. The highest BCUT2D eigenvalue weighted by Crippen LogP contribution is 2.33. The SMILES string of the molecule is CCC(C)(Cc1cccc(C(=N)NC(=O)OC(C)OC(C)=O)c1)N(C(=O)O)c1ccc(-c2ccccc2S(N)(=O)=O)cc1. The summed E-state index contributed by atoms with van der Waals surface area (Å²) in [5.41, 5.74) is 1.46. The highest BCUT2D eigenvalue weighted by atomic mass is 32.2. The second-order valence-electron chi connectivity index (χ2n) is 10.0. The first-order valence-corrected chi connectivity index (χ1v) is 14.8. The van der Waals surface area contributed by atoms with Gasteiger partial charge in [-0.15, -0.1) is 0 Å². The Morgan fingerprint density at radius 1 is 1.05 bits per heavy atom. The number of carboxylic acid groups (broad SMARTS) is 1. The zero-order valence-corrected chi connectivity index (χ0v) is 25.0. The van der Waals surface area contributed by atoms with Crippen LogP contribution in [0.4, 0.5) is 15.3 Å². The molecule has 2 amide bonds. The van der Waals surface area contributed by atoms with Crippen LogP contribution in [-0.4, -0.2) is 49.3 Å². The molecule has 2 unspecified atom stereocenters. The maximum Gasteiger partial charge on any atom is 0.415 e. The van der Waals surface area contributed by atoms with Crippen LogP contribution in [0.3, 0.4) is 0 Å². The van der Waals surface area contributed by atoms with Crippen molar-refractivity contribution in [3.05, 3.63) is 83.9 Å². The van der Waals surface area contributed by atoms with Gasteiger partial charge in [-0.2, -0.15) is 0 Å². The highest BCUT2D eigenvalue weighted by molar-refractivity contribution is 7.89. The van der Waals surface area contributed by atoms with Crippen molar-refractivity contribution in [2.75, 3.05) is 4.90 Å². The van der Waals surface area contributed by atoms with Crippen molar-refractivity contribution in [2.24, 2.45) is 5.14 Å². The number of amides is 2. The lowest BCUT2D eigenvalue weighted by Gasteiger charge is -2.39. The van der Waals surface area contributed by atoms with Gasteiger partial charge in [0.2, 0.25) is 16.3 Å². The summed E-state index contributed by atoms with van der Waals surface area (Å²) in [5, 5.41) is 26.2. The van der Waals surface area contributed by atoms with Gasteiger partial charge < -0.3 is 14.6 Å². The smallest absolute Gasteiger partial charge is 0.415 e. The van der Waals surface area contributed by atoms with E-state index in [1.54, 1.807) is 73.7 Å². The van der Waals surface area contributed by atoms with Crippen LogP contribution in [0.5, 0.6) is 0 Å². The molecule has 12 nitrogen and oxygen atoms in total. The van der Waals surface area contributed by atoms with E-state index < -0.39 is 40.0 Å². The molecule has 0 radical (unpaired) electrons. The highest BCUT2D eigenvalue weighted by Gasteiger charge is 2.35. The van der Waals surface area contributed by atoms with Gasteiger partial charge in [-0.05, 0) is 55.2 Å². The number of sulfonamides is 1. The Bertz CT molecular complexity index is 1630. The Labute approximate surface area is 250 Å². The van der Waals surface area contributed by atoms with Crippen LogP contribution < -0.4 is 15.4 Å². The van der Waals surface area contributed by atoms with Gasteiger partial charge in [0.15, 0.2) is 0 Å². The number of carbonyl (C=O) groups excluding carboxylic acids is 2. The van der Waals surface area contributed by atoms with Crippen molar-refractivity contribution >= 4 is 39.7 Å². The van der Waals surface area contributed by atoms with E-state index in [-0.39, 0.29) is 17.2 Å². The predicted octanol–water partition coefficient (Wildman–Crippen LogP) is 4.86. The van der Waals surface area contributed by atoms with Crippen molar-refractivity contribution in [1.82, 2.24) is 5.32 Å². The second-order valence-corrected chi connectivity index (χ2v) is 11.5. The van der Waals surface area contributed by atoms with Crippen LogP contribution >= 0.6 is 0 Å². The number of hydrogen-bond acceptors (Lipinski definition) is 8. The Hall–Kier alpha value is -4.75. The molecule has 0 saturated carbocycles. The third-order valence-corrected chi connectivity index (χ3v) is 7.72. The number of carbonyl (C=O) groups is 3. The molecular weight excluding hydrogens is 576 g/mol. The van der Waals surface area contributed by atoms with Crippen molar-refractivity contribution in [3.8, 4) is 11.1 Å². The molecule has 0 saturated heterocycles. The Morgan fingerprint density at radius 3 is 2.28 bits per heavy atom. The van der Waals surface area contributed by atoms with Gasteiger partial charge in [0.1, 0.15) is 5.84 Å². The Morgan fingerprint density at radius 2 is 1.70 bits per heavy atom. The van der Waals surface area contributed by atoms with E-state index in [2.05, 4.69) is 5.32 Å². The van der Waals surface area contributed by atoms with E-state index in [9.17, 15) is 27.9 Å². The zero-order valence-electron chi connectivity index (χ0n) is 24.2. The summed E-state index contributed by atoms with van der Waals surface area (Å²) in [6, 6.07) is 19.5. The largest absolute Gasteiger partial charge is 0.465 e.